The van der Waals surface area contributed by atoms with E-state index in [1.165, 1.54) is 0 Å². The maximum absolute atomic E-state index is 10.8. The van der Waals surface area contributed by atoms with Gasteiger partial charge in [-0.1, -0.05) is 13.8 Å². The topological polar surface area (TPSA) is 44.8 Å². The first-order valence-corrected chi connectivity index (χ1v) is 6.07. The summed E-state index contributed by atoms with van der Waals surface area (Å²) in [5.74, 6) is 1.59. The highest BCUT2D eigenvalue weighted by Gasteiger charge is 2.17. The molecule has 4 nitrogen and oxygen atoms in total. The van der Waals surface area contributed by atoms with Crippen molar-refractivity contribution >= 4 is 6.29 Å². The highest BCUT2D eigenvalue weighted by Crippen LogP contribution is 2.39. The Hall–Kier alpha value is -1.71. The lowest BCUT2D eigenvalue weighted by molar-refractivity contribution is 0.112. The van der Waals surface area contributed by atoms with Crippen molar-refractivity contribution in [3.05, 3.63) is 17.7 Å². The van der Waals surface area contributed by atoms with Crippen LogP contribution in [0.4, 0.5) is 0 Å². The minimum absolute atomic E-state index is 0.106. The van der Waals surface area contributed by atoms with Crippen LogP contribution in [0.3, 0.4) is 0 Å². The van der Waals surface area contributed by atoms with Gasteiger partial charge in [-0.2, -0.15) is 0 Å². The number of rotatable bonds is 7. The van der Waals surface area contributed by atoms with Crippen LogP contribution in [0.25, 0.3) is 0 Å². The van der Waals surface area contributed by atoms with Crippen LogP contribution in [0.5, 0.6) is 17.2 Å². The van der Waals surface area contributed by atoms with E-state index in [9.17, 15) is 4.79 Å². The van der Waals surface area contributed by atoms with Crippen molar-refractivity contribution < 1.29 is 19.0 Å². The summed E-state index contributed by atoms with van der Waals surface area (Å²) in [6, 6.07) is 3.29. The van der Waals surface area contributed by atoms with Crippen molar-refractivity contribution in [3.63, 3.8) is 0 Å². The third-order valence-corrected chi connectivity index (χ3v) is 2.81. The smallest absolute Gasteiger partial charge is 0.203 e. The molecule has 4 heteroatoms. The first-order valence-electron chi connectivity index (χ1n) is 6.07. The molecule has 0 heterocycles. The zero-order valence-corrected chi connectivity index (χ0v) is 11.4. The first-order chi connectivity index (χ1) is 8.69. The zero-order chi connectivity index (χ0) is 13.5. The average molecular weight is 252 g/mol. The lowest BCUT2D eigenvalue weighted by Gasteiger charge is -2.20. The number of aldehydes is 1. The maximum atomic E-state index is 10.8. The van der Waals surface area contributed by atoms with E-state index in [4.69, 9.17) is 14.2 Å². The van der Waals surface area contributed by atoms with E-state index in [2.05, 4.69) is 13.8 Å². The number of hydrogen-bond acceptors (Lipinski definition) is 4. The number of ether oxygens (including phenoxy) is 3. The number of carbonyl (C=O) groups is 1. The Morgan fingerprint density at radius 1 is 1.11 bits per heavy atom. The molecule has 0 saturated carbocycles. The quantitative estimate of drug-likeness (QED) is 0.699. The molecule has 0 bridgehead atoms. The van der Waals surface area contributed by atoms with E-state index in [0.717, 1.165) is 19.1 Å². The predicted octanol–water partition coefficient (Wildman–Crippen LogP) is 3.08. The van der Waals surface area contributed by atoms with Crippen LogP contribution in [0.15, 0.2) is 12.1 Å². The van der Waals surface area contributed by atoms with Crippen molar-refractivity contribution in [1.29, 1.82) is 0 Å². The van der Waals surface area contributed by atoms with Gasteiger partial charge in [-0.15, -0.1) is 0 Å². The summed E-state index contributed by atoms with van der Waals surface area (Å²) in [6.45, 7) is 4.12. The van der Waals surface area contributed by atoms with Crippen LogP contribution in [0.1, 0.15) is 37.0 Å². The van der Waals surface area contributed by atoms with E-state index in [1.807, 2.05) is 0 Å². The normalized spacial score (nSPS) is 10.3. The van der Waals surface area contributed by atoms with Crippen LogP contribution in [0.2, 0.25) is 0 Å². The molecule has 0 atom stereocenters. The molecule has 0 amide bonds. The molecule has 0 aliphatic heterocycles. The van der Waals surface area contributed by atoms with Crippen LogP contribution in [-0.2, 0) is 0 Å². The van der Waals surface area contributed by atoms with Crippen molar-refractivity contribution in [3.8, 4) is 17.2 Å². The van der Waals surface area contributed by atoms with Gasteiger partial charge in [0.2, 0.25) is 5.75 Å². The lowest BCUT2D eigenvalue weighted by Crippen LogP contribution is -2.15. The maximum Gasteiger partial charge on any atom is 0.203 e. The number of benzene rings is 1. The third-order valence-electron chi connectivity index (χ3n) is 2.81. The minimum atomic E-state index is 0.106. The third kappa shape index (κ3) is 3.15. The Kier molecular flexibility index (Phi) is 5.49. The summed E-state index contributed by atoms with van der Waals surface area (Å²) in [5, 5.41) is 0. The molecule has 100 valence electrons. The molecule has 1 rings (SSSR count). The summed E-state index contributed by atoms with van der Waals surface area (Å²) >= 11 is 0. The SMILES string of the molecule is CCC(CC)Oc1c(OC)cc(C=O)cc1OC. The van der Waals surface area contributed by atoms with Gasteiger partial charge < -0.3 is 14.2 Å². The molecule has 0 fully saturated rings. The molecule has 0 aliphatic carbocycles. The van der Waals surface area contributed by atoms with Crippen LogP contribution in [-0.4, -0.2) is 26.6 Å². The second-order valence-corrected chi connectivity index (χ2v) is 3.93. The van der Waals surface area contributed by atoms with Gasteiger partial charge in [0.15, 0.2) is 11.5 Å². The first kappa shape index (κ1) is 14.4. The van der Waals surface area contributed by atoms with Crippen molar-refractivity contribution in [2.24, 2.45) is 0 Å². The van der Waals surface area contributed by atoms with Crippen molar-refractivity contribution in [1.82, 2.24) is 0 Å². The Balaban J connectivity index is 3.17. The van der Waals surface area contributed by atoms with Gasteiger partial charge in [0.25, 0.3) is 0 Å². The highest BCUT2D eigenvalue weighted by molar-refractivity contribution is 5.78. The summed E-state index contributed by atoms with van der Waals surface area (Å²) in [7, 11) is 3.09. The molecular formula is C14H20O4. The Morgan fingerprint density at radius 3 is 1.94 bits per heavy atom. The second kappa shape index (κ2) is 6.89. The predicted molar refractivity (Wildman–Crippen MR) is 69.9 cm³/mol. The van der Waals surface area contributed by atoms with E-state index in [-0.39, 0.29) is 6.10 Å². The van der Waals surface area contributed by atoms with Crippen LogP contribution < -0.4 is 14.2 Å². The van der Waals surface area contributed by atoms with Gasteiger partial charge in [0, 0.05) is 5.56 Å². The van der Waals surface area contributed by atoms with Gasteiger partial charge in [0.05, 0.1) is 20.3 Å². The fourth-order valence-corrected chi connectivity index (χ4v) is 1.71. The van der Waals surface area contributed by atoms with Gasteiger partial charge in [-0.3, -0.25) is 4.79 Å². The van der Waals surface area contributed by atoms with E-state index in [1.54, 1.807) is 26.4 Å². The summed E-state index contributed by atoms with van der Waals surface area (Å²) < 4.78 is 16.4. The Bertz CT molecular complexity index is 372. The molecule has 0 N–H and O–H groups in total. The van der Waals surface area contributed by atoms with Gasteiger partial charge in [-0.05, 0) is 25.0 Å². The van der Waals surface area contributed by atoms with Gasteiger partial charge in [0.1, 0.15) is 6.29 Å². The van der Waals surface area contributed by atoms with E-state index in [0.29, 0.717) is 22.8 Å². The van der Waals surface area contributed by atoms with E-state index < -0.39 is 0 Å². The van der Waals surface area contributed by atoms with Crippen LogP contribution in [0, 0.1) is 0 Å². The summed E-state index contributed by atoms with van der Waals surface area (Å²) in [5.41, 5.74) is 0.501. The second-order valence-electron chi connectivity index (χ2n) is 3.93. The number of methoxy groups -OCH3 is 2. The molecule has 1 aromatic rings. The molecule has 0 spiro atoms. The Morgan fingerprint density at radius 2 is 1.61 bits per heavy atom. The van der Waals surface area contributed by atoms with Gasteiger partial charge in [-0.25, -0.2) is 0 Å². The molecule has 0 unspecified atom stereocenters. The van der Waals surface area contributed by atoms with E-state index >= 15 is 0 Å². The van der Waals surface area contributed by atoms with Crippen LogP contribution >= 0.6 is 0 Å². The highest BCUT2D eigenvalue weighted by atomic mass is 16.5. The average Bonchev–Trinajstić information content (AvgIpc) is 2.43. The molecule has 18 heavy (non-hydrogen) atoms. The Labute approximate surface area is 108 Å². The molecule has 0 saturated heterocycles. The monoisotopic (exact) mass is 252 g/mol. The van der Waals surface area contributed by atoms with Gasteiger partial charge >= 0.3 is 0 Å². The van der Waals surface area contributed by atoms with Crippen molar-refractivity contribution in [2.45, 2.75) is 32.8 Å². The molecule has 1 aromatic carbocycles. The minimum Gasteiger partial charge on any atom is -0.493 e. The molecule has 0 aliphatic rings. The number of carbonyl (C=O) groups excluding carboxylic acids is 1. The van der Waals surface area contributed by atoms with Crippen molar-refractivity contribution in [2.75, 3.05) is 14.2 Å². The standard InChI is InChI=1S/C14H20O4/c1-5-11(6-2)18-14-12(16-3)7-10(9-15)8-13(14)17-4/h7-9,11H,5-6H2,1-4H3. The largest absolute Gasteiger partial charge is 0.493 e. The zero-order valence-electron chi connectivity index (χ0n) is 11.4. The lowest BCUT2D eigenvalue weighted by atomic mass is 10.2. The summed E-state index contributed by atoms with van der Waals surface area (Å²) in [6.07, 6.45) is 2.66. The number of hydrogen-bond donors (Lipinski definition) is 0. The fraction of sp³-hybridized carbons (Fsp3) is 0.500. The molecule has 0 aromatic heterocycles. The molecular weight excluding hydrogens is 232 g/mol. The summed E-state index contributed by atoms with van der Waals surface area (Å²) in [4.78, 5) is 10.8. The fourth-order valence-electron chi connectivity index (χ4n) is 1.71. The molecule has 0 radical (unpaired) electrons.